The number of fused-ring (bicyclic) bond motifs is 1. The Hall–Kier alpha value is -2.28. The van der Waals surface area contributed by atoms with Crippen LogP contribution in [0.4, 0.5) is 4.79 Å². The lowest BCUT2D eigenvalue weighted by Crippen LogP contribution is -2.42. The lowest BCUT2D eigenvalue weighted by Gasteiger charge is -2.26. The van der Waals surface area contributed by atoms with E-state index >= 15 is 0 Å². The van der Waals surface area contributed by atoms with Crippen molar-refractivity contribution < 1.29 is 14.3 Å². The molecule has 7 nitrogen and oxygen atoms in total. The third kappa shape index (κ3) is 4.86. The molecule has 24 heavy (non-hydrogen) atoms. The van der Waals surface area contributed by atoms with Crippen LogP contribution < -0.4 is 16.4 Å². The van der Waals surface area contributed by atoms with Crippen LogP contribution in [0.1, 0.15) is 27.2 Å². The van der Waals surface area contributed by atoms with Crippen LogP contribution in [0.15, 0.2) is 33.5 Å². The molecule has 1 atom stereocenters. The molecule has 0 aliphatic carbocycles. The van der Waals surface area contributed by atoms with Crippen LogP contribution in [-0.4, -0.2) is 34.9 Å². The molecule has 1 aromatic carbocycles. The number of carbonyl (C=O) groups is 1. The summed E-state index contributed by atoms with van der Waals surface area (Å²) in [5.74, 6) is -0.434. The van der Waals surface area contributed by atoms with E-state index in [1.165, 1.54) is 4.57 Å². The molecule has 0 fully saturated rings. The van der Waals surface area contributed by atoms with Crippen molar-refractivity contribution in [1.29, 1.82) is 0 Å². The minimum atomic E-state index is -0.434. The average molecular weight is 335 g/mol. The van der Waals surface area contributed by atoms with Crippen LogP contribution in [-0.2, 0) is 6.54 Å². The number of aliphatic hydroxyl groups is 1. The standard InChI is InChI=1S/C17H25N3O4/c1-12(21)10-17(2,3)11-19-15(22)18-8-9-20-13-6-4-5-7-14(13)24-16(20)23/h4-7,12,21H,8-11H2,1-3H3,(H2,18,19,22). The third-order valence-electron chi connectivity index (χ3n) is 3.77. The molecule has 7 heteroatoms. The van der Waals surface area contributed by atoms with E-state index in [4.69, 9.17) is 4.42 Å². The first-order valence-corrected chi connectivity index (χ1v) is 8.07. The Morgan fingerprint density at radius 3 is 2.75 bits per heavy atom. The Labute approximate surface area is 140 Å². The van der Waals surface area contributed by atoms with Gasteiger partial charge in [0.15, 0.2) is 5.58 Å². The highest BCUT2D eigenvalue weighted by atomic mass is 16.4. The van der Waals surface area contributed by atoms with Crippen molar-refractivity contribution in [3.05, 3.63) is 34.8 Å². The maximum atomic E-state index is 11.9. The number of amides is 2. The molecule has 1 heterocycles. The number of urea groups is 1. The number of rotatable bonds is 7. The number of hydrogen-bond acceptors (Lipinski definition) is 4. The maximum absolute atomic E-state index is 11.9. The number of nitrogens with zero attached hydrogens (tertiary/aromatic N) is 1. The molecular weight excluding hydrogens is 310 g/mol. The monoisotopic (exact) mass is 335 g/mol. The second-order valence-electron chi connectivity index (χ2n) is 6.81. The van der Waals surface area contributed by atoms with Crippen molar-refractivity contribution in [3.63, 3.8) is 0 Å². The van der Waals surface area contributed by atoms with Gasteiger partial charge in [0.1, 0.15) is 0 Å². The number of para-hydroxylation sites is 2. The summed E-state index contributed by atoms with van der Waals surface area (Å²) in [6.07, 6.45) is 0.190. The molecule has 0 spiro atoms. The van der Waals surface area contributed by atoms with Crippen molar-refractivity contribution >= 4 is 17.1 Å². The van der Waals surface area contributed by atoms with Crippen molar-refractivity contribution in [1.82, 2.24) is 15.2 Å². The molecule has 3 N–H and O–H groups in total. The first kappa shape index (κ1) is 18.1. The normalized spacial score (nSPS) is 13.0. The molecule has 0 saturated carbocycles. The molecule has 1 aromatic heterocycles. The molecular formula is C17H25N3O4. The fraction of sp³-hybridized carbons (Fsp3) is 0.529. The maximum Gasteiger partial charge on any atom is 0.420 e. The second kappa shape index (κ2) is 7.53. The van der Waals surface area contributed by atoms with Crippen molar-refractivity contribution in [3.8, 4) is 0 Å². The van der Waals surface area contributed by atoms with Gasteiger partial charge in [0.25, 0.3) is 0 Å². The highest BCUT2D eigenvalue weighted by Crippen LogP contribution is 2.20. The second-order valence-corrected chi connectivity index (χ2v) is 6.81. The number of nitrogens with one attached hydrogen (secondary N) is 2. The van der Waals surface area contributed by atoms with E-state index in [0.29, 0.717) is 37.2 Å². The topological polar surface area (TPSA) is 96.5 Å². The van der Waals surface area contributed by atoms with Gasteiger partial charge >= 0.3 is 11.8 Å². The van der Waals surface area contributed by atoms with Gasteiger partial charge in [-0.1, -0.05) is 26.0 Å². The zero-order chi connectivity index (χ0) is 17.7. The van der Waals surface area contributed by atoms with E-state index in [2.05, 4.69) is 10.6 Å². The zero-order valence-corrected chi connectivity index (χ0v) is 14.3. The van der Waals surface area contributed by atoms with Crippen molar-refractivity contribution in [2.75, 3.05) is 13.1 Å². The van der Waals surface area contributed by atoms with E-state index in [1.807, 2.05) is 19.9 Å². The summed E-state index contributed by atoms with van der Waals surface area (Å²) in [6, 6.07) is 6.87. The molecule has 0 aliphatic heterocycles. The first-order valence-electron chi connectivity index (χ1n) is 8.07. The molecule has 0 aliphatic rings. The summed E-state index contributed by atoms with van der Waals surface area (Å²) >= 11 is 0. The highest BCUT2D eigenvalue weighted by molar-refractivity contribution is 5.74. The molecule has 1 unspecified atom stereocenters. The summed E-state index contributed by atoms with van der Waals surface area (Å²) in [5, 5.41) is 15.0. The first-order chi connectivity index (χ1) is 11.3. The van der Waals surface area contributed by atoms with Crippen LogP contribution >= 0.6 is 0 Å². The summed E-state index contributed by atoms with van der Waals surface area (Å²) in [4.78, 5) is 23.7. The van der Waals surface area contributed by atoms with Crippen molar-refractivity contribution in [2.24, 2.45) is 5.41 Å². The van der Waals surface area contributed by atoms with Gasteiger partial charge in [-0.2, -0.15) is 0 Å². The number of hydrogen-bond donors (Lipinski definition) is 3. The summed E-state index contributed by atoms with van der Waals surface area (Å²) in [5.41, 5.74) is 1.05. The van der Waals surface area contributed by atoms with Gasteiger partial charge in [-0.05, 0) is 30.9 Å². The van der Waals surface area contributed by atoms with Crippen molar-refractivity contribution in [2.45, 2.75) is 39.8 Å². The summed E-state index contributed by atoms with van der Waals surface area (Å²) < 4.78 is 6.63. The van der Waals surface area contributed by atoms with E-state index in [1.54, 1.807) is 25.1 Å². The van der Waals surface area contributed by atoms with Gasteiger partial charge < -0.3 is 20.2 Å². The van der Waals surface area contributed by atoms with Gasteiger partial charge in [0, 0.05) is 19.6 Å². The minimum absolute atomic E-state index is 0.191. The number of oxazole rings is 1. The van der Waals surface area contributed by atoms with E-state index in [0.717, 1.165) is 0 Å². The fourth-order valence-corrected chi connectivity index (χ4v) is 2.76. The number of carbonyl (C=O) groups excluding carboxylic acids is 1. The Morgan fingerprint density at radius 1 is 1.33 bits per heavy atom. The predicted molar refractivity (Wildman–Crippen MR) is 92.0 cm³/mol. The molecule has 0 bridgehead atoms. The van der Waals surface area contributed by atoms with Crippen LogP contribution in [0.2, 0.25) is 0 Å². The van der Waals surface area contributed by atoms with Gasteiger partial charge in [0.2, 0.25) is 0 Å². The molecule has 2 rings (SSSR count). The average Bonchev–Trinajstić information content (AvgIpc) is 2.80. The molecule has 2 aromatic rings. The Bertz CT molecular complexity index is 746. The van der Waals surface area contributed by atoms with Gasteiger partial charge in [0.05, 0.1) is 11.6 Å². The Balaban J connectivity index is 1.82. The molecule has 132 valence electrons. The third-order valence-corrected chi connectivity index (χ3v) is 3.77. The zero-order valence-electron chi connectivity index (χ0n) is 14.3. The lowest BCUT2D eigenvalue weighted by atomic mass is 9.87. The fourth-order valence-electron chi connectivity index (χ4n) is 2.76. The SMILES string of the molecule is CC(O)CC(C)(C)CNC(=O)NCCn1c(=O)oc2ccccc21. The smallest absolute Gasteiger partial charge is 0.408 e. The molecule has 0 radical (unpaired) electrons. The van der Waals surface area contributed by atoms with Crippen LogP contribution in [0.3, 0.4) is 0 Å². The predicted octanol–water partition coefficient (Wildman–Crippen LogP) is 1.69. The number of aliphatic hydroxyl groups excluding tert-OH is 1. The van der Waals surface area contributed by atoms with Crippen LogP contribution in [0.25, 0.3) is 11.1 Å². The van der Waals surface area contributed by atoms with Crippen LogP contribution in [0, 0.1) is 5.41 Å². The molecule has 2 amide bonds. The van der Waals surface area contributed by atoms with E-state index < -0.39 is 11.9 Å². The van der Waals surface area contributed by atoms with Gasteiger partial charge in [-0.3, -0.25) is 4.57 Å². The van der Waals surface area contributed by atoms with E-state index in [-0.39, 0.29) is 11.4 Å². The van der Waals surface area contributed by atoms with E-state index in [9.17, 15) is 14.7 Å². The van der Waals surface area contributed by atoms with Gasteiger partial charge in [-0.25, -0.2) is 9.59 Å². The minimum Gasteiger partial charge on any atom is -0.408 e. The number of benzene rings is 1. The lowest BCUT2D eigenvalue weighted by molar-refractivity contribution is 0.129. The van der Waals surface area contributed by atoms with Gasteiger partial charge in [-0.15, -0.1) is 0 Å². The summed E-state index contributed by atoms with van der Waals surface area (Å²) in [6.45, 7) is 6.80. The summed E-state index contributed by atoms with van der Waals surface area (Å²) in [7, 11) is 0. The highest BCUT2D eigenvalue weighted by Gasteiger charge is 2.21. The Kier molecular flexibility index (Phi) is 5.66. The largest absolute Gasteiger partial charge is 0.420 e. The van der Waals surface area contributed by atoms with Crippen LogP contribution in [0.5, 0.6) is 0 Å². The molecule has 0 saturated heterocycles. The number of aromatic nitrogens is 1. The quantitative estimate of drug-likeness (QED) is 0.717. The Morgan fingerprint density at radius 2 is 2.04 bits per heavy atom.